The van der Waals surface area contributed by atoms with Crippen molar-refractivity contribution in [2.45, 2.75) is 53.4 Å². The van der Waals surface area contributed by atoms with Gasteiger partial charge in [0.2, 0.25) is 0 Å². The van der Waals surface area contributed by atoms with E-state index in [4.69, 9.17) is 0 Å². The number of nitrogens with zero attached hydrogens (tertiary/aromatic N) is 2. The summed E-state index contributed by atoms with van der Waals surface area (Å²) >= 11 is 0. The Morgan fingerprint density at radius 1 is 1.41 bits per heavy atom. The Labute approximate surface area is 134 Å². The van der Waals surface area contributed by atoms with Gasteiger partial charge < -0.3 is 4.90 Å². The molecule has 1 atom stereocenters. The molecule has 0 radical (unpaired) electrons. The number of hydrogen-bond donors (Lipinski definition) is 0. The molecule has 2 nitrogen and oxygen atoms in total. The van der Waals surface area contributed by atoms with E-state index in [1.54, 1.807) is 12.2 Å². The fraction of sp³-hybridized carbons (Fsp3) is 0.526. The zero-order chi connectivity index (χ0) is 16.5. The van der Waals surface area contributed by atoms with Crippen LogP contribution >= 0.6 is 0 Å². The normalized spacial score (nSPS) is 21.3. The highest BCUT2D eigenvalue weighted by Crippen LogP contribution is 2.34. The van der Waals surface area contributed by atoms with Crippen molar-refractivity contribution in [2.24, 2.45) is 10.9 Å². The van der Waals surface area contributed by atoms with Crippen LogP contribution in [-0.4, -0.2) is 17.7 Å². The highest BCUT2D eigenvalue weighted by molar-refractivity contribution is 5.59. The Bertz CT molecular complexity index is 498. The smallest absolute Gasteiger partial charge is 0.131 e. The molecule has 0 spiro atoms. The highest BCUT2D eigenvalue weighted by atomic mass is 19.1. The maximum atomic E-state index is 13.0. The molecule has 1 aliphatic carbocycles. The van der Waals surface area contributed by atoms with Crippen LogP contribution < -0.4 is 0 Å². The first-order valence-corrected chi connectivity index (χ1v) is 8.39. The third kappa shape index (κ3) is 4.69. The summed E-state index contributed by atoms with van der Waals surface area (Å²) in [6.45, 7) is 13.2. The summed E-state index contributed by atoms with van der Waals surface area (Å²) in [7, 11) is 0. The number of aliphatic imine (C=N–C) groups is 1. The van der Waals surface area contributed by atoms with E-state index in [1.165, 1.54) is 5.57 Å². The average Bonchev–Trinajstić information content (AvgIpc) is 2.85. The summed E-state index contributed by atoms with van der Waals surface area (Å²) in [5, 5.41) is 0. The van der Waals surface area contributed by atoms with Gasteiger partial charge in [0.05, 0.1) is 0 Å². The van der Waals surface area contributed by atoms with Crippen LogP contribution in [0, 0.1) is 5.92 Å². The summed E-state index contributed by atoms with van der Waals surface area (Å²) in [4.78, 5) is 6.82. The summed E-state index contributed by atoms with van der Waals surface area (Å²) in [5.74, 6) is 1.26. The first kappa shape index (κ1) is 18.4. The van der Waals surface area contributed by atoms with Crippen molar-refractivity contribution in [2.75, 3.05) is 6.54 Å². The van der Waals surface area contributed by atoms with E-state index < -0.39 is 0 Å². The van der Waals surface area contributed by atoms with Gasteiger partial charge in [-0.25, -0.2) is 9.38 Å². The first-order chi connectivity index (χ1) is 10.7. The van der Waals surface area contributed by atoms with Crippen LogP contribution in [0.4, 0.5) is 4.39 Å². The molecular formula is C19H29FN2. The number of halogens is 1. The predicted molar refractivity (Wildman–Crippen MR) is 94.3 cm³/mol. The van der Waals surface area contributed by atoms with Crippen molar-refractivity contribution in [1.29, 1.82) is 0 Å². The van der Waals surface area contributed by atoms with E-state index in [9.17, 15) is 4.39 Å². The zero-order valence-electron chi connectivity index (χ0n) is 14.4. The van der Waals surface area contributed by atoms with Gasteiger partial charge in [0.15, 0.2) is 0 Å². The van der Waals surface area contributed by atoms with Crippen LogP contribution in [0.25, 0.3) is 0 Å². The van der Waals surface area contributed by atoms with Crippen molar-refractivity contribution in [3.63, 3.8) is 0 Å². The van der Waals surface area contributed by atoms with E-state index in [2.05, 4.69) is 30.3 Å². The van der Waals surface area contributed by atoms with Crippen molar-refractivity contribution in [3.8, 4) is 0 Å². The molecule has 0 bridgehead atoms. The standard InChI is InChI=1S/C17H23FN2.C2H6/c1-4-10-19-17-15(5-2)11-13(3)20(17)12-14-6-8-16(18)9-7-14;1-2/h6,8-10,14H,3-5,7,11-12H2,1-2H3;1-2H3/b19-10-;. The van der Waals surface area contributed by atoms with Crippen molar-refractivity contribution in [1.82, 2.24) is 4.90 Å². The predicted octanol–water partition coefficient (Wildman–Crippen LogP) is 5.76. The molecule has 0 saturated heterocycles. The maximum Gasteiger partial charge on any atom is 0.131 e. The van der Waals surface area contributed by atoms with Gasteiger partial charge in [0.1, 0.15) is 11.6 Å². The van der Waals surface area contributed by atoms with Gasteiger partial charge in [-0.2, -0.15) is 0 Å². The molecule has 0 aromatic heterocycles. The molecule has 0 saturated carbocycles. The number of allylic oxidation sites excluding steroid dienone is 4. The van der Waals surface area contributed by atoms with Crippen LogP contribution in [0.3, 0.4) is 0 Å². The minimum absolute atomic E-state index is 0.129. The van der Waals surface area contributed by atoms with Gasteiger partial charge in [-0.15, -0.1) is 0 Å². The lowest BCUT2D eigenvalue weighted by Gasteiger charge is -2.26. The van der Waals surface area contributed by atoms with Gasteiger partial charge >= 0.3 is 0 Å². The van der Waals surface area contributed by atoms with Gasteiger partial charge in [0.25, 0.3) is 0 Å². The molecule has 1 unspecified atom stereocenters. The van der Waals surface area contributed by atoms with Crippen molar-refractivity contribution >= 4 is 6.21 Å². The van der Waals surface area contributed by atoms with Gasteiger partial charge in [-0.1, -0.05) is 40.3 Å². The molecule has 0 fully saturated rings. The third-order valence-electron chi connectivity index (χ3n) is 3.75. The molecule has 2 aliphatic rings. The van der Waals surface area contributed by atoms with Crippen LogP contribution in [0.15, 0.2) is 52.7 Å². The first-order valence-electron chi connectivity index (χ1n) is 8.39. The molecule has 1 aliphatic heterocycles. The van der Waals surface area contributed by atoms with E-state index in [1.807, 2.05) is 26.1 Å². The largest absolute Gasteiger partial charge is 0.330 e. The van der Waals surface area contributed by atoms with Crippen LogP contribution in [0.1, 0.15) is 53.4 Å². The number of hydrogen-bond acceptors (Lipinski definition) is 2. The summed E-state index contributed by atoms with van der Waals surface area (Å²) < 4.78 is 13.0. The molecule has 22 heavy (non-hydrogen) atoms. The Kier molecular flexibility index (Phi) is 7.86. The van der Waals surface area contributed by atoms with Gasteiger partial charge in [-0.05, 0) is 42.9 Å². The van der Waals surface area contributed by atoms with E-state index in [0.29, 0.717) is 5.92 Å². The highest BCUT2D eigenvalue weighted by Gasteiger charge is 2.26. The fourth-order valence-corrected chi connectivity index (χ4v) is 2.61. The lowest BCUT2D eigenvalue weighted by molar-refractivity contribution is 0.381. The monoisotopic (exact) mass is 304 g/mol. The maximum absolute atomic E-state index is 13.0. The van der Waals surface area contributed by atoms with Gasteiger partial charge in [0, 0.05) is 24.9 Å². The summed E-state index contributed by atoms with van der Waals surface area (Å²) in [5.41, 5.74) is 2.45. The molecule has 0 aromatic carbocycles. The Balaban J connectivity index is 0.00000116. The molecule has 122 valence electrons. The molecule has 0 N–H and O–H groups in total. The van der Waals surface area contributed by atoms with E-state index >= 15 is 0 Å². The van der Waals surface area contributed by atoms with Crippen LogP contribution in [0.5, 0.6) is 0 Å². The second-order valence-electron chi connectivity index (χ2n) is 5.30. The Morgan fingerprint density at radius 3 is 2.68 bits per heavy atom. The van der Waals surface area contributed by atoms with E-state index in [0.717, 1.165) is 43.7 Å². The quantitative estimate of drug-likeness (QED) is 0.589. The minimum Gasteiger partial charge on any atom is -0.330 e. The van der Waals surface area contributed by atoms with Crippen LogP contribution in [0.2, 0.25) is 0 Å². The summed E-state index contributed by atoms with van der Waals surface area (Å²) in [6, 6.07) is 0. The lowest BCUT2D eigenvalue weighted by Crippen LogP contribution is -2.24. The molecule has 0 amide bonds. The third-order valence-corrected chi connectivity index (χ3v) is 3.75. The lowest BCUT2D eigenvalue weighted by atomic mass is 10.00. The molecule has 2 rings (SSSR count). The molecule has 1 heterocycles. The SMILES string of the molecule is C=C1CC(CC)=C(/N=C\CC)N1CC1C=CC(F)=CC1.CC. The van der Waals surface area contributed by atoms with Crippen molar-refractivity contribution in [3.05, 3.63) is 47.7 Å². The zero-order valence-corrected chi connectivity index (χ0v) is 14.4. The molecule has 3 heteroatoms. The topological polar surface area (TPSA) is 15.6 Å². The van der Waals surface area contributed by atoms with E-state index in [-0.39, 0.29) is 5.83 Å². The van der Waals surface area contributed by atoms with Gasteiger partial charge in [-0.3, -0.25) is 0 Å². The second-order valence-corrected chi connectivity index (χ2v) is 5.30. The average molecular weight is 304 g/mol. The number of rotatable bonds is 5. The Hall–Kier alpha value is -1.64. The molecule has 0 aromatic rings. The molecular weight excluding hydrogens is 275 g/mol. The Morgan fingerprint density at radius 2 is 2.14 bits per heavy atom. The van der Waals surface area contributed by atoms with Crippen molar-refractivity contribution < 1.29 is 4.39 Å². The van der Waals surface area contributed by atoms with Crippen LogP contribution in [-0.2, 0) is 0 Å². The second kappa shape index (κ2) is 9.39. The summed E-state index contributed by atoms with van der Waals surface area (Å²) in [6.07, 6.45) is 10.7. The minimum atomic E-state index is -0.129. The fourth-order valence-electron chi connectivity index (χ4n) is 2.61.